The number of amides is 1. The molecule has 1 amide bonds. The van der Waals surface area contributed by atoms with Gasteiger partial charge in [0.1, 0.15) is 11.4 Å². The number of rotatable bonds is 14. The molecular formula is C40H51Cl2FN4O5Si. The summed E-state index contributed by atoms with van der Waals surface area (Å²) in [6.45, 7) is 16.6. The molecule has 9 nitrogen and oxygen atoms in total. The summed E-state index contributed by atoms with van der Waals surface area (Å²) in [7, 11) is -0.488. The monoisotopic (exact) mass is 784 g/mol. The van der Waals surface area contributed by atoms with Crippen LogP contribution in [0.4, 0.5) is 20.7 Å². The number of hydrogen-bond acceptors (Lipinski definition) is 8. The highest BCUT2D eigenvalue weighted by atomic mass is 35.5. The fourth-order valence-electron chi connectivity index (χ4n) is 5.27. The summed E-state index contributed by atoms with van der Waals surface area (Å²) < 4.78 is 33.8. The van der Waals surface area contributed by atoms with Gasteiger partial charge in [0.2, 0.25) is 0 Å². The average Bonchev–Trinajstić information content (AvgIpc) is 3.08. The van der Waals surface area contributed by atoms with E-state index in [4.69, 9.17) is 37.1 Å². The highest BCUT2D eigenvalue weighted by Gasteiger charge is 2.37. The van der Waals surface area contributed by atoms with Crippen LogP contribution in [0.3, 0.4) is 0 Å². The summed E-state index contributed by atoms with van der Waals surface area (Å²) in [5.74, 6) is -0.0135. The number of nitrogens with zero attached hydrogens (tertiary/aromatic N) is 3. The van der Waals surface area contributed by atoms with Gasteiger partial charge in [-0.25, -0.2) is 14.2 Å². The van der Waals surface area contributed by atoms with E-state index in [0.717, 1.165) is 11.1 Å². The van der Waals surface area contributed by atoms with Gasteiger partial charge in [0.15, 0.2) is 20.0 Å². The topological polar surface area (TPSA) is 106 Å². The predicted molar refractivity (Wildman–Crippen MR) is 214 cm³/mol. The molecule has 0 fully saturated rings. The van der Waals surface area contributed by atoms with Crippen LogP contribution in [-0.4, -0.2) is 66.9 Å². The van der Waals surface area contributed by atoms with Crippen molar-refractivity contribution in [2.24, 2.45) is 0 Å². The predicted octanol–water partition coefficient (Wildman–Crippen LogP) is 10.7. The zero-order valence-corrected chi connectivity index (χ0v) is 34.6. The number of nitrogens with one attached hydrogen (secondary N) is 1. The van der Waals surface area contributed by atoms with Crippen molar-refractivity contribution in [1.82, 2.24) is 14.9 Å². The number of pyridine rings is 2. The molecule has 53 heavy (non-hydrogen) atoms. The molecule has 2 aromatic carbocycles. The van der Waals surface area contributed by atoms with Crippen LogP contribution in [0.1, 0.15) is 59.1 Å². The van der Waals surface area contributed by atoms with Crippen molar-refractivity contribution < 1.29 is 28.2 Å². The van der Waals surface area contributed by atoms with Crippen molar-refractivity contribution in [3.05, 3.63) is 87.9 Å². The number of ether oxygens (including phenoxy) is 2. The Kier molecular flexibility index (Phi) is 13.9. The minimum absolute atomic E-state index is 0.00712. The van der Waals surface area contributed by atoms with E-state index in [1.807, 2.05) is 24.3 Å². The van der Waals surface area contributed by atoms with Crippen LogP contribution in [0.5, 0.6) is 5.75 Å². The number of aliphatic hydroxyl groups excluding tert-OH is 1. The van der Waals surface area contributed by atoms with Gasteiger partial charge in [0.05, 0.1) is 41.7 Å². The van der Waals surface area contributed by atoms with E-state index in [-0.39, 0.29) is 36.1 Å². The fraction of sp³-hybridized carbons (Fsp3) is 0.425. The highest BCUT2D eigenvalue weighted by Crippen LogP contribution is 2.42. The summed E-state index contributed by atoms with van der Waals surface area (Å²) >= 11 is 14.0. The molecule has 13 heteroatoms. The van der Waals surface area contributed by atoms with Gasteiger partial charge in [-0.3, -0.25) is 4.98 Å². The molecule has 0 saturated carbocycles. The van der Waals surface area contributed by atoms with Gasteiger partial charge >= 0.3 is 6.09 Å². The van der Waals surface area contributed by atoms with E-state index in [2.05, 4.69) is 49.1 Å². The summed E-state index contributed by atoms with van der Waals surface area (Å²) in [4.78, 5) is 23.6. The van der Waals surface area contributed by atoms with Crippen molar-refractivity contribution in [3.8, 4) is 28.1 Å². The molecular weight excluding hydrogens is 734 g/mol. The Hall–Kier alpha value is -3.74. The Balaban J connectivity index is 1.61. The molecule has 0 radical (unpaired) electrons. The van der Waals surface area contributed by atoms with Crippen molar-refractivity contribution in [3.63, 3.8) is 0 Å². The van der Waals surface area contributed by atoms with Crippen LogP contribution < -0.4 is 10.1 Å². The number of halogens is 3. The second-order valence-corrected chi connectivity index (χ2v) is 20.9. The van der Waals surface area contributed by atoms with Crippen LogP contribution in [-0.2, 0) is 22.1 Å². The minimum atomic E-state index is -2.09. The molecule has 4 aromatic rings. The fourth-order valence-corrected chi connectivity index (χ4v) is 6.90. The molecule has 2 heterocycles. The van der Waals surface area contributed by atoms with E-state index in [9.17, 15) is 9.90 Å². The first-order valence-electron chi connectivity index (χ1n) is 17.6. The molecule has 2 N–H and O–H groups in total. The molecule has 0 aliphatic heterocycles. The van der Waals surface area contributed by atoms with Crippen LogP contribution >= 0.6 is 23.2 Å². The summed E-state index contributed by atoms with van der Waals surface area (Å²) in [6, 6.07) is 14.4. The molecule has 4 rings (SSSR count). The second-order valence-electron chi connectivity index (χ2n) is 15.3. The Labute approximate surface area is 323 Å². The van der Waals surface area contributed by atoms with Crippen molar-refractivity contribution in [1.29, 1.82) is 0 Å². The molecule has 0 atom stereocenters. The second kappa shape index (κ2) is 17.6. The summed E-state index contributed by atoms with van der Waals surface area (Å²) in [5, 5.41) is 13.0. The largest absolute Gasteiger partial charge is 0.496 e. The van der Waals surface area contributed by atoms with Crippen LogP contribution in [0, 0.1) is 5.82 Å². The first kappa shape index (κ1) is 42.0. The lowest BCUT2D eigenvalue weighted by atomic mass is 10.0. The Morgan fingerprint density at radius 1 is 0.962 bits per heavy atom. The number of aliphatic hydroxyl groups is 1. The van der Waals surface area contributed by atoms with Crippen LogP contribution in [0.25, 0.3) is 22.4 Å². The number of hydrogen-bond donors (Lipinski definition) is 2. The van der Waals surface area contributed by atoms with Gasteiger partial charge in [-0.1, -0.05) is 68.2 Å². The summed E-state index contributed by atoms with van der Waals surface area (Å²) in [5.41, 5.74) is 3.40. The van der Waals surface area contributed by atoms with Crippen molar-refractivity contribution >= 4 is 49.1 Å². The number of anilines is 2. The quantitative estimate of drug-likeness (QED) is 0.122. The van der Waals surface area contributed by atoms with Gasteiger partial charge in [-0.2, -0.15) is 0 Å². The molecule has 286 valence electrons. The number of carbonyl (C=O) groups excluding carboxylic acids is 1. The van der Waals surface area contributed by atoms with Crippen LogP contribution in [0.2, 0.25) is 28.2 Å². The maximum atomic E-state index is 16.2. The number of aromatic nitrogens is 2. The number of methoxy groups -OCH3 is 1. The zero-order valence-electron chi connectivity index (χ0n) is 32.1. The van der Waals surface area contributed by atoms with E-state index < -0.39 is 25.8 Å². The van der Waals surface area contributed by atoms with Gasteiger partial charge in [0.25, 0.3) is 0 Å². The van der Waals surface area contributed by atoms with Crippen molar-refractivity contribution in [2.45, 2.75) is 84.7 Å². The molecule has 2 aromatic heterocycles. The lowest BCUT2D eigenvalue weighted by molar-refractivity contribution is 0.0203. The molecule has 0 spiro atoms. The summed E-state index contributed by atoms with van der Waals surface area (Å²) in [6.07, 6.45) is 3.85. The Morgan fingerprint density at radius 3 is 2.32 bits per heavy atom. The molecule has 0 aliphatic carbocycles. The van der Waals surface area contributed by atoms with Gasteiger partial charge in [-0.15, -0.1) is 0 Å². The first-order valence-corrected chi connectivity index (χ1v) is 21.3. The molecule has 0 saturated heterocycles. The van der Waals surface area contributed by atoms with E-state index in [1.165, 1.54) is 17.2 Å². The maximum absolute atomic E-state index is 16.2. The molecule has 0 bridgehead atoms. The Bertz CT molecular complexity index is 1900. The van der Waals surface area contributed by atoms with E-state index in [1.54, 1.807) is 52.3 Å². The van der Waals surface area contributed by atoms with Gasteiger partial charge in [-0.05, 0) is 81.6 Å². The number of carbonyl (C=O) groups is 1. The zero-order chi connectivity index (χ0) is 39.1. The van der Waals surface area contributed by atoms with E-state index in [0.29, 0.717) is 57.8 Å². The third kappa shape index (κ3) is 10.7. The lowest BCUT2D eigenvalue weighted by Gasteiger charge is -2.37. The van der Waals surface area contributed by atoms with Crippen LogP contribution in [0.15, 0.2) is 60.9 Å². The Morgan fingerprint density at radius 2 is 1.66 bits per heavy atom. The van der Waals surface area contributed by atoms with Gasteiger partial charge in [0, 0.05) is 47.8 Å². The van der Waals surface area contributed by atoms with Gasteiger partial charge < -0.3 is 29.2 Å². The third-order valence-electron chi connectivity index (χ3n) is 9.21. The standard InChI is InChI=1S/C40H51Cl2FN4O5Si/c1-39(2,3)52-38(49)47(21-23-51-53(8,9)40(4,5)6)25-28-17-19-45-37(35(28)43)46-31-14-10-13-29(33(31)41)30-18-20-44-36(34(30)42)27-16-15-26(12-11-22-48)32(24-27)50-7/h10,13-20,24,48H,11-12,21-23,25H2,1-9H3,(H,45,46). The molecule has 0 aliphatic rings. The SMILES string of the molecule is COc1cc(-c2nccc(-c3cccc(Nc4nccc(CN(CCO[Si](C)(C)C(C)(C)C)C(=O)OC(C)(C)C)c4F)c3Cl)c2Cl)ccc1CCCO. The third-order valence-corrected chi connectivity index (χ3v) is 14.5. The number of aryl methyl sites for hydroxylation is 1. The number of benzene rings is 2. The van der Waals surface area contributed by atoms with E-state index >= 15 is 4.39 Å². The minimum Gasteiger partial charge on any atom is -0.496 e. The average molecular weight is 786 g/mol. The smallest absolute Gasteiger partial charge is 0.410 e. The maximum Gasteiger partial charge on any atom is 0.410 e. The first-order chi connectivity index (χ1) is 24.9. The van der Waals surface area contributed by atoms with Crippen molar-refractivity contribution in [2.75, 3.05) is 32.2 Å². The highest BCUT2D eigenvalue weighted by molar-refractivity contribution is 6.74. The normalized spacial score (nSPS) is 12.1. The molecule has 0 unspecified atom stereocenters. The lowest BCUT2D eigenvalue weighted by Crippen LogP contribution is -2.44.